The third kappa shape index (κ3) is 4.86. The van der Waals surface area contributed by atoms with Gasteiger partial charge in [-0.1, -0.05) is 152 Å². The highest BCUT2D eigenvalue weighted by Crippen LogP contribution is 2.46. The topological polar surface area (TPSA) is 43.6 Å². The Kier molecular flexibility index (Phi) is 7.00. The zero-order valence-electron chi connectivity index (χ0n) is 29.0. The first-order valence-electron chi connectivity index (χ1n) is 18.1. The van der Waals surface area contributed by atoms with Crippen molar-refractivity contribution in [1.29, 1.82) is 0 Å². The van der Waals surface area contributed by atoms with E-state index < -0.39 is 0 Å². The van der Waals surface area contributed by atoms with Crippen molar-refractivity contribution >= 4 is 64.1 Å². The summed E-state index contributed by atoms with van der Waals surface area (Å²) in [6, 6.07) is 64.2. The monoisotopic (exact) mass is 706 g/mol. The van der Waals surface area contributed by atoms with Crippen LogP contribution in [0, 0.1) is 0 Å². The van der Waals surface area contributed by atoms with Crippen LogP contribution in [0.25, 0.3) is 104 Å². The molecule has 0 fully saturated rings. The molecule has 0 aliphatic rings. The lowest BCUT2D eigenvalue weighted by atomic mass is 10.0. The average Bonchev–Trinajstić information content (AvgIpc) is 3.80. The molecular formula is C49H30N4S. The molecule has 0 bridgehead atoms. The molecule has 54 heavy (non-hydrogen) atoms. The van der Waals surface area contributed by atoms with Crippen molar-refractivity contribution < 1.29 is 0 Å². The van der Waals surface area contributed by atoms with Gasteiger partial charge in [-0.15, -0.1) is 11.3 Å². The van der Waals surface area contributed by atoms with E-state index in [4.69, 9.17) is 15.0 Å². The summed E-state index contributed by atoms with van der Waals surface area (Å²) in [6.07, 6.45) is 0. The number of para-hydroxylation sites is 2. The number of hydrogen-bond acceptors (Lipinski definition) is 4. The van der Waals surface area contributed by atoms with E-state index in [0.29, 0.717) is 17.5 Å². The van der Waals surface area contributed by atoms with Crippen LogP contribution in [-0.2, 0) is 0 Å². The second-order valence-electron chi connectivity index (χ2n) is 13.6. The Hall–Kier alpha value is -6.95. The van der Waals surface area contributed by atoms with Crippen LogP contribution in [0.1, 0.15) is 0 Å². The minimum Gasteiger partial charge on any atom is -0.309 e. The Morgan fingerprint density at radius 1 is 0.352 bits per heavy atom. The van der Waals surface area contributed by atoms with Crippen LogP contribution in [0.5, 0.6) is 0 Å². The van der Waals surface area contributed by atoms with E-state index in [-0.39, 0.29) is 0 Å². The Balaban J connectivity index is 1.15. The standard InChI is InChI=1S/C49H30N4S/c1-3-13-31(14-4-1)32-25-27-34(28-26-32)47-50-48(39-22-11-16-33-15-7-8-19-36(33)39)52-49(51-47)41-23-12-21-37-38-29-30-43-44(46(38)54-45(37)41)40-20-9-10-24-42(40)53(43)35-17-5-2-6-18-35/h1-30H. The number of hydrogen-bond donors (Lipinski definition) is 0. The Morgan fingerprint density at radius 2 is 0.926 bits per heavy atom. The summed E-state index contributed by atoms with van der Waals surface area (Å²) >= 11 is 1.83. The molecule has 0 aliphatic carbocycles. The van der Waals surface area contributed by atoms with Crippen molar-refractivity contribution in [1.82, 2.24) is 19.5 Å². The van der Waals surface area contributed by atoms with Gasteiger partial charge in [0.05, 0.1) is 11.0 Å². The van der Waals surface area contributed by atoms with Gasteiger partial charge in [0, 0.05) is 53.3 Å². The van der Waals surface area contributed by atoms with Crippen molar-refractivity contribution in [2.45, 2.75) is 0 Å². The normalized spacial score (nSPS) is 11.7. The van der Waals surface area contributed by atoms with E-state index in [1.165, 1.54) is 42.8 Å². The van der Waals surface area contributed by atoms with Crippen molar-refractivity contribution in [3.63, 3.8) is 0 Å². The molecule has 4 nitrogen and oxygen atoms in total. The summed E-state index contributed by atoms with van der Waals surface area (Å²) in [5.74, 6) is 1.97. The maximum atomic E-state index is 5.27. The zero-order chi connectivity index (χ0) is 35.6. The molecular weight excluding hydrogens is 677 g/mol. The van der Waals surface area contributed by atoms with E-state index in [9.17, 15) is 0 Å². The molecule has 11 rings (SSSR count). The summed E-state index contributed by atoms with van der Waals surface area (Å²) in [4.78, 5) is 15.7. The molecule has 0 spiro atoms. The molecule has 252 valence electrons. The summed E-state index contributed by atoms with van der Waals surface area (Å²) < 4.78 is 4.81. The molecule has 0 aliphatic heterocycles. The Labute approximate surface area is 315 Å². The number of nitrogens with zero attached hydrogens (tertiary/aromatic N) is 4. The number of thiophene rings is 1. The molecule has 5 heteroatoms. The van der Waals surface area contributed by atoms with Crippen LogP contribution >= 0.6 is 11.3 Å². The van der Waals surface area contributed by atoms with Gasteiger partial charge in [0.2, 0.25) is 0 Å². The fourth-order valence-electron chi connectivity index (χ4n) is 7.95. The Morgan fingerprint density at radius 3 is 1.76 bits per heavy atom. The van der Waals surface area contributed by atoms with Crippen LogP contribution in [0.2, 0.25) is 0 Å². The summed E-state index contributed by atoms with van der Waals surface area (Å²) in [5, 5.41) is 7.21. The summed E-state index contributed by atoms with van der Waals surface area (Å²) in [6.45, 7) is 0. The van der Waals surface area contributed by atoms with Gasteiger partial charge in [0.15, 0.2) is 17.5 Å². The second kappa shape index (κ2) is 12.3. The highest BCUT2D eigenvalue weighted by molar-refractivity contribution is 7.27. The van der Waals surface area contributed by atoms with Gasteiger partial charge in [-0.2, -0.15) is 0 Å². The molecule has 0 unspecified atom stereocenters. The SMILES string of the molecule is c1ccc(-c2ccc(-c3nc(-c4cccc5ccccc45)nc(-c4cccc5c4sc4c5ccc5c4c4ccccc4n5-c4ccccc4)n3)cc2)cc1. The first kappa shape index (κ1) is 30.7. The minimum atomic E-state index is 0.647. The molecule has 0 saturated carbocycles. The number of fused-ring (bicyclic) bond motifs is 8. The molecule has 11 aromatic rings. The third-order valence-electron chi connectivity index (χ3n) is 10.5. The molecule has 0 amide bonds. The van der Waals surface area contributed by atoms with E-state index >= 15 is 0 Å². The molecule has 0 radical (unpaired) electrons. The van der Waals surface area contributed by atoms with E-state index in [0.717, 1.165) is 43.4 Å². The van der Waals surface area contributed by atoms with Crippen molar-refractivity contribution in [3.8, 4) is 51.0 Å². The largest absolute Gasteiger partial charge is 0.309 e. The third-order valence-corrected chi connectivity index (χ3v) is 11.7. The van der Waals surface area contributed by atoms with Crippen LogP contribution in [0.15, 0.2) is 182 Å². The van der Waals surface area contributed by atoms with Crippen molar-refractivity contribution in [3.05, 3.63) is 182 Å². The van der Waals surface area contributed by atoms with Crippen molar-refractivity contribution in [2.24, 2.45) is 0 Å². The summed E-state index contributed by atoms with van der Waals surface area (Å²) in [5.41, 5.74) is 8.80. The predicted octanol–water partition coefficient (Wildman–Crippen LogP) is 13.2. The predicted molar refractivity (Wildman–Crippen MR) is 226 cm³/mol. The quantitative estimate of drug-likeness (QED) is 0.179. The highest BCUT2D eigenvalue weighted by atomic mass is 32.1. The van der Waals surface area contributed by atoms with Gasteiger partial charge in [-0.25, -0.2) is 15.0 Å². The lowest BCUT2D eigenvalue weighted by molar-refractivity contribution is 1.08. The minimum absolute atomic E-state index is 0.647. The molecule has 0 N–H and O–H groups in total. The molecule has 0 atom stereocenters. The van der Waals surface area contributed by atoms with Crippen molar-refractivity contribution in [2.75, 3.05) is 0 Å². The second-order valence-corrected chi connectivity index (χ2v) is 14.6. The first-order valence-corrected chi connectivity index (χ1v) is 18.9. The van der Waals surface area contributed by atoms with Crippen LogP contribution in [0.4, 0.5) is 0 Å². The van der Waals surface area contributed by atoms with Crippen LogP contribution in [0.3, 0.4) is 0 Å². The zero-order valence-corrected chi connectivity index (χ0v) is 29.8. The average molecular weight is 707 g/mol. The first-order chi connectivity index (χ1) is 26.8. The maximum absolute atomic E-state index is 5.27. The van der Waals surface area contributed by atoms with E-state index in [1.54, 1.807) is 0 Å². The number of rotatable bonds is 5. The van der Waals surface area contributed by atoms with Gasteiger partial charge in [0.25, 0.3) is 0 Å². The molecule has 0 saturated heterocycles. The number of benzene rings is 8. The molecule has 3 heterocycles. The number of aromatic nitrogens is 4. The van der Waals surface area contributed by atoms with E-state index in [2.05, 4.69) is 180 Å². The van der Waals surface area contributed by atoms with Gasteiger partial charge < -0.3 is 4.57 Å². The lowest BCUT2D eigenvalue weighted by Crippen LogP contribution is -2.00. The maximum Gasteiger partial charge on any atom is 0.165 e. The van der Waals surface area contributed by atoms with Gasteiger partial charge in [0.1, 0.15) is 0 Å². The van der Waals surface area contributed by atoms with Gasteiger partial charge in [-0.3, -0.25) is 0 Å². The smallest absolute Gasteiger partial charge is 0.165 e. The molecule has 8 aromatic carbocycles. The molecule has 3 aromatic heterocycles. The van der Waals surface area contributed by atoms with Crippen LogP contribution < -0.4 is 0 Å². The lowest BCUT2D eigenvalue weighted by Gasteiger charge is -2.11. The van der Waals surface area contributed by atoms with Crippen LogP contribution in [-0.4, -0.2) is 19.5 Å². The van der Waals surface area contributed by atoms with Gasteiger partial charge >= 0.3 is 0 Å². The van der Waals surface area contributed by atoms with E-state index in [1.807, 2.05) is 17.4 Å². The highest BCUT2D eigenvalue weighted by Gasteiger charge is 2.21. The van der Waals surface area contributed by atoms with Gasteiger partial charge in [-0.05, 0) is 52.2 Å². The Bertz CT molecular complexity index is 3190. The summed E-state index contributed by atoms with van der Waals surface area (Å²) in [7, 11) is 0. The fourth-order valence-corrected chi connectivity index (χ4v) is 9.31. The fraction of sp³-hybridized carbons (Fsp3) is 0.